The number of amidine groups is 1. The second-order valence-corrected chi connectivity index (χ2v) is 9.48. The number of rotatable bonds is 5. The summed E-state index contributed by atoms with van der Waals surface area (Å²) in [6.45, 7) is 11.0. The first-order valence-electron chi connectivity index (χ1n) is 12.6. The molecule has 3 heterocycles. The first kappa shape index (κ1) is 23.0. The minimum Gasteiger partial charge on any atom is -0.372 e. The van der Waals surface area contributed by atoms with E-state index in [1.807, 2.05) is 0 Å². The van der Waals surface area contributed by atoms with E-state index in [0.29, 0.717) is 5.92 Å². The van der Waals surface area contributed by atoms with E-state index >= 15 is 0 Å². The van der Waals surface area contributed by atoms with Gasteiger partial charge in [-0.1, -0.05) is 12.2 Å². The Morgan fingerprint density at radius 1 is 1.09 bits per heavy atom. The summed E-state index contributed by atoms with van der Waals surface area (Å²) in [7, 11) is 0. The van der Waals surface area contributed by atoms with Crippen molar-refractivity contribution in [3.63, 3.8) is 0 Å². The fraction of sp³-hybridized carbons (Fsp3) is 0.654. The van der Waals surface area contributed by atoms with Gasteiger partial charge < -0.3 is 15.5 Å². The molecule has 2 saturated heterocycles. The number of hydrogen-bond acceptors (Lipinski definition) is 5. The van der Waals surface area contributed by atoms with Crippen molar-refractivity contribution in [1.29, 1.82) is 0 Å². The molecule has 0 aromatic heterocycles. The van der Waals surface area contributed by atoms with Gasteiger partial charge in [0.25, 0.3) is 0 Å². The van der Waals surface area contributed by atoms with E-state index in [-0.39, 0.29) is 6.04 Å². The Labute approximate surface area is 193 Å². The number of likely N-dealkylation sites (tertiary alicyclic amines) is 2. The summed E-state index contributed by atoms with van der Waals surface area (Å²) in [6, 6.07) is 0.108. The smallest absolute Gasteiger partial charge is 0.151 e. The van der Waals surface area contributed by atoms with E-state index in [2.05, 4.69) is 52.9 Å². The SMILES string of the molecule is CC1=NCCN=C1/C(=N\C(C)C1=CC=C(N2CCCCC2)C=CC1)N1CCC(CN)CC1. The lowest BCUT2D eigenvalue weighted by atomic mass is 9.96. The summed E-state index contributed by atoms with van der Waals surface area (Å²) in [5, 5.41) is 0. The van der Waals surface area contributed by atoms with Gasteiger partial charge in [0.1, 0.15) is 5.71 Å². The first-order chi connectivity index (χ1) is 15.7. The largest absolute Gasteiger partial charge is 0.372 e. The molecule has 1 atom stereocenters. The van der Waals surface area contributed by atoms with Gasteiger partial charge in [-0.3, -0.25) is 15.0 Å². The van der Waals surface area contributed by atoms with Crippen molar-refractivity contribution in [3.8, 4) is 0 Å². The zero-order valence-electron chi connectivity index (χ0n) is 20.0. The van der Waals surface area contributed by atoms with Gasteiger partial charge >= 0.3 is 0 Å². The van der Waals surface area contributed by atoms with Gasteiger partial charge in [-0.15, -0.1) is 0 Å². The molecule has 0 aromatic carbocycles. The number of nitrogens with two attached hydrogens (primary N) is 1. The predicted octanol–water partition coefficient (Wildman–Crippen LogP) is 3.62. The van der Waals surface area contributed by atoms with Gasteiger partial charge in [-0.2, -0.15) is 0 Å². The Kier molecular flexibility index (Phi) is 7.95. The lowest BCUT2D eigenvalue weighted by Crippen LogP contribution is -2.46. The maximum absolute atomic E-state index is 5.93. The highest BCUT2D eigenvalue weighted by atomic mass is 15.2. The molecule has 2 N–H and O–H groups in total. The van der Waals surface area contributed by atoms with Gasteiger partial charge in [0.05, 0.1) is 24.8 Å². The lowest BCUT2D eigenvalue weighted by molar-refractivity contribution is 0.272. The third-order valence-electron chi connectivity index (χ3n) is 7.20. The van der Waals surface area contributed by atoms with E-state index in [4.69, 9.17) is 15.7 Å². The average Bonchev–Trinajstić information content (AvgIpc) is 3.10. The molecule has 0 saturated carbocycles. The molecule has 174 valence electrons. The van der Waals surface area contributed by atoms with Crippen LogP contribution >= 0.6 is 0 Å². The van der Waals surface area contributed by atoms with Crippen LogP contribution in [0.25, 0.3) is 0 Å². The van der Waals surface area contributed by atoms with Crippen LogP contribution in [0.3, 0.4) is 0 Å². The summed E-state index contributed by atoms with van der Waals surface area (Å²) in [4.78, 5) is 19.8. The number of allylic oxidation sites excluding steroid dienone is 4. The monoisotopic (exact) mass is 436 g/mol. The van der Waals surface area contributed by atoms with Crippen molar-refractivity contribution in [2.75, 3.05) is 45.8 Å². The Balaban J connectivity index is 1.56. The zero-order valence-corrected chi connectivity index (χ0v) is 20.0. The van der Waals surface area contributed by atoms with E-state index in [9.17, 15) is 0 Å². The van der Waals surface area contributed by atoms with Crippen molar-refractivity contribution >= 4 is 17.3 Å². The van der Waals surface area contributed by atoms with Gasteiger partial charge in [-0.05, 0) is 82.6 Å². The normalized spacial score (nSPS) is 24.4. The van der Waals surface area contributed by atoms with Crippen LogP contribution in [0.2, 0.25) is 0 Å². The Hall–Kier alpha value is -2.21. The van der Waals surface area contributed by atoms with E-state index in [1.54, 1.807) is 0 Å². The third-order valence-corrected chi connectivity index (χ3v) is 7.20. The second-order valence-electron chi connectivity index (χ2n) is 9.48. The highest BCUT2D eigenvalue weighted by Crippen LogP contribution is 2.23. The molecular formula is C26H40N6. The van der Waals surface area contributed by atoms with Crippen LogP contribution in [0.15, 0.2) is 50.6 Å². The molecule has 4 rings (SSSR count). The maximum Gasteiger partial charge on any atom is 0.151 e. The molecule has 3 aliphatic heterocycles. The fourth-order valence-electron chi connectivity index (χ4n) is 5.05. The van der Waals surface area contributed by atoms with E-state index in [1.165, 1.54) is 43.6 Å². The molecule has 6 nitrogen and oxygen atoms in total. The molecule has 0 bridgehead atoms. The van der Waals surface area contributed by atoms with E-state index < -0.39 is 0 Å². The lowest BCUT2D eigenvalue weighted by Gasteiger charge is -2.35. The Morgan fingerprint density at radius 3 is 2.56 bits per heavy atom. The van der Waals surface area contributed by atoms with Gasteiger partial charge in [0.2, 0.25) is 0 Å². The number of hydrogen-bond donors (Lipinski definition) is 1. The van der Waals surface area contributed by atoms with Crippen molar-refractivity contribution in [3.05, 3.63) is 35.6 Å². The van der Waals surface area contributed by atoms with E-state index in [0.717, 1.165) is 69.2 Å². The van der Waals surface area contributed by atoms with Crippen molar-refractivity contribution < 1.29 is 0 Å². The Bertz CT molecular complexity index is 832. The molecule has 0 spiro atoms. The quantitative estimate of drug-likeness (QED) is 0.529. The molecule has 6 heteroatoms. The number of aliphatic imine (C=N–C) groups is 3. The standard InChI is InChI=1S/C26H40N6/c1-20(23-7-6-8-24(10-9-23)31-15-4-3-5-16-31)30-26(25-21(2)28-13-14-29-25)32-17-11-22(19-27)12-18-32/h6,8-10,20,22H,3-5,7,11-19,27H2,1-2H3/b30-26+. The van der Waals surface area contributed by atoms with Gasteiger partial charge in [-0.25, -0.2) is 0 Å². The summed E-state index contributed by atoms with van der Waals surface area (Å²) in [5.74, 6) is 1.66. The van der Waals surface area contributed by atoms with Gasteiger partial charge in [0, 0.05) is 31.9 Å². The van der Waals surface area contributed by atoms with Crippen LogP contribution in [0.5, 0.6) is 0 Å². The summed E-state index contributed by atoms with van der Waals surface area (Å²) in [5.41, 5.74) is 10.6. The molecule has 1 aliphatic carbocycles. The summed E-state index contributed by atoms with van der Waals surface area (Å²) < 4.78 is 0. The predicted molar refractivity (Wildman–Crippen MR) is 136 cm³/mol. The van der Waals surface area contributed by atoms with Crippen molar-refractivity contribution in [2.45, 2.75) is 58.4 Å². The maximum atomic E-state index is 5.93. The summed E-state index contributed by atoms with van der Waals surface area (Å²) >= 11 is 0. The first-order valence-corrected chi connectivity index (χ1v) is 12.6. The molecule has 1 unspecified atom stereocenters. The topological polar surface area (TPSA) is 69.6 Å². The third kappa shape index (κ3) is 5.58. The fourth-order valence-corrected chi connectivity index (χ4v) is 5.05. The molecule has 0 aromatic rings. The molecule has 4 aliphatic rings. The van der Waals surface area contributed by atoms with Crippen LogP contribution < -0.4 is 5.73 Å². The molecule has 0 amide bonds. The van der Waals surface area contributed by atoms with Crippen LogP contribution in [0.4, 0.5) is 0 Å². The van der Waals surface area contributed by atoms with Crippen LogP contribution in [0, 0.1) is 5.92 Å². The number of piperidine rings is 2. The average molecular weight is 437 g/mol. The molecule has 32 heavy (non-hydrogen) atoms. The molecule has 2 fully saturated rings. The highest BCUT2D eigenvalue weighted by Gasteiger charge is 2.27. The highest BCUT2D eigenvalue weighted by molar-refractivity contribution is 6.68. The van der Waals surface area contributed by atoms with Gasteiger partial charge in [0.15, 0.2) is 5.84 Å². The molecular weight excluding hydrogens is 396 g/mol. The molecule has 0 radical (unpaired) electrons. The summed E-state index contributed by atoms with van der Waals surface area (Å²) in [6.07, 6.45) is 16.4. The number of nitrogens with zero attached hydrogens (tertiary/aromatic N) is 5. The minimum atomic E-state index is 0.108. The van der Waals surface area contributed by atoms with Crippen LogP contribution in [0.1, 0.15) is 52.4 Å². The second kappa shape index (κ2) is 11.1. The Morgan fingerprint density at radius 2 is 1.84 bits per heavy atom. The minimum absolute atomic E-state index is 0.108. The zero-order chi connectivity index (χ0) is 22.3. The van der Waals surface area contributed by atoms with Crippen molar-refractivity contribution in [2.24, 2.45) is 26.6 Å². The van der Waals surface area contributed by atoms with Crippen molar-refractivity contribution in [1.82, 2.24) is 9.80 Å². The van der Waals surface area contributed by atoms with Crippen LogP contribution in [-0.2, 0) is 0 Å². The van der Waals surface area contributed by atoms with Crippen LogP contribution in [-0.4, -0.2) is 78.9 Å².